The molecule has 1 fully saturated rings. The Bertz CT molecular complexity index is 273. The second-order valence-corrected chi connectivity index (χ2v) is 4.86. The van der Waals surface area contributed by atoms with Crippen molar-refractivity contribution in [3.05, 3.63) is 0 Å². The first-order valence-corrected chi connectivity index (χ1v) is 6.45. The van der Waals surface area contributed by atoms with Gasteiger partial charge in [0.25, 0.3) is 0 Å². The summed E-state index contributed by atoms with van der Waals surface area (Å²) >= 11 is 0. The van der Waals surface area contributed by atoms with E-state index in [4.69, 9.17) is 0 Å². The lowest BCUT2D eigenvalue weighted by atomic mass is 9.76. The third-order valence-corrected chi connectivity index (χ3v) is 3.64. The van der Waals surface area contributed by atoms with Gasteiger partial charge in [0.2, 0.25) is 5.91 Å². The zero-order chi connectivity index (χ0) is 13.6. The second-order valence-electron chi connectivity index (χ2n) is 4.86. The van der Waals surface area contributed by atoms with Gasteiger partial charge in [0, 0.05) is 13.0 Å². The van der Waals surface area contributed by atoms with Crippen LogP contribution in [0, 0.1) is 5.41 Å². The third-order valence-electron chi connectivity index (χ3n) is 3.64. The number of rotatable bonds is 5. The molecule has 1 aliphatic rings. The standard InChI is InChI=1S/C12H21F3N2O/c1-2-11(5-8-16-9-6-11)10(18)17-7-3-4-12(13,14)15/h16H,2-9H2,1H3,(H,17,18). The lowest BCUT2D eigenvalue weighted by Crippen LogP contribution is -2.47. The Morgan fingerprint density at radius 3 is 2.44 bits per heavy atom. The zero-order valence-electron chi connectivity index (χ0n) is 10.7. The van der Waals surface area contributed by atoms with Crippen molar-refractivity contribution < 1.29 is 18.0 Å². The fourth-order valence-corrected chi connectivity index (χ4v) is 2.32. The molecule has 1 aliphatic heterocycles. The molecule has 0 radical (unpaired) electrons. The minimum atomic E-state index is -4.14. The molecule has 18 heavy (non-hydrogen) atoms. The van der Waals surface area contributed by atoms with E-state index in [9.17, 15) is 18.0 Å². The Kier molecular flexibility index (Phi) is 5.44. The summed E-state index contributed by atoms with van der Waals surface area (Å²) in [5, 5.41) is 5.84. The van der Waals surface area contributed by atoms with E-state index in [0.29, 0.717) is 0 Å². The first-order valence-electron chi connectivity index (χ1n) is 6.45. The summed E-state index contributed by atoms with van der Waals surface area (Å²) in [6.07, 6.45) is -2.77. The van der Waals surface area contributed by atoms with Gasteiger partial charge in [-0.05, 0) is 38.8 Å². The molecular formula is C12H21F3N2O. The van der Waals surface area contributed by atoms with Crippen molar-refractivity contribution in [2.45, 2.75) is 45.2 Å². The van der Waals surface area contributed by atoms with E-state index in [1.165, 1.54) is 0 Å². The van der Waals surface area contributed by atoms with Crippen molar-refractivity contribution in [2.75, 3.05) is 19.6 Å². The monoisotopic (exact) mass is 266 g/mol. The molecule has 0 spiro atoms. The van der Waals surface area contributed by atoms with E-state index in [1.54, 1.807) is 0 Å². The van der Waals surface area contributed by atoms with Crippen LogP contribution in [0.2, 0.25) is 0 Å². The van der Waals surface area contributed by atoms with E-state index in [0.717, 1.165) is 32.4 Å². The maximum absolute atomic E-state index is 12.1. The Morgan fingerprint density at radius 1 is 1.33 bits per heavy atom. The van der Waals surface area contributed by atoms with Crippen LogP contribution in [0.1, 0.15) is 39.0 Å². The number of piperidine rings is 1. The Morgan fingerprint density at radius 2 is 1.94 bits per heavy atom. The number of amides is 1. The summed E-state index contributed by atoms with van der Waals surface area (Å²) in [6, 6.07) is 0. The van der Waals surface area contributed by atoms with Crippen LogP contribution >= 0.6 is 0 Å². The Hall–Kier alpha value is -0.780. The van der Waals surface area contributed by atoms with E-state index >= 15 is 0 Å². The van der Waals surface area contributed by atoms with E-state index in [-0.39, 0.29) is 24.3 Å². The van der Waals surface area contributed by atoms with Crippen LogP contribution in [0.3, 0.4) is 0 Å². The van der Waals surface area contributed by atoms with Gasteiger partial charge in [-0.25, -0.2) is 0 Å². The van der Waals surface area contributed by atoms with Crippen molar-refractivity contribution in [3.63, 3.8) is 0 Å². The van der Waals surface area contributed by atoms with Crippen LogP contribution in [-0.2, 0) is 4.79 Å². The van der Waals surface area contributed by atoms with Gasteiger partial charge in [0.1, 0.15) is 0 Å². The fourth-order valence-electron chi connectivity index (χ4n) is 2.32. The molecule has 6 heteroatoms. The van der Waals surface area contributed by atoms with Gasteiger partial charge in [-0.1, -0.05) is 6.92 Å². The van der Waals surface area contributed by atoms with Gasteiger partial charge in [-0.2, -0.15) is 13.2 Å². The summed E-state index contributed by atoms with van der Waals surface area (Å²) in [4.78, 5) is 12.1. The van der Waals surface area contributed by atoms with E-state index in [1.807, 2.05) is 6.92 Å². The Balaban J connectivity index is 2.34. The van der Waals surface area contributed by atoms with Gasteiger partial charge in [-0.3, -0.25) is 4.79 Å². The fraction of sp³-hybridized carbons (Fsp3) is 0.917. The highest BCUT2D eigenvalue weighted by molar-refractivity contribution is 5.82. The highest BCUT2D eigenvalue weighted by Gasteiger charge is 2.37. The number of carbonyl (C=O) groups is 1. The van der Waals surface area contributed by atoms with Crippen LogP contribution in [0.15, 0.2) is 0 Å². The van der Waals surface area contributed by atoms with Crippen LogP contribution in [0.4, 0.5) is 13.2 Å². The third kappa shape index (κ3) is 4.48. The molecule has 1 heterocycles. The van der Waals surface area contributed by atoms with Crippen molar-refractivity contribution in [2.24, 2.45) is 5.41 Å². The summed E-state index contributed by atoms with van der Waals surface area (Å²) in [7, 11) is 0. The van der Waals surface area contributed by atoms with Crippen LogP contribution in [0.5, 0.6) is 0 Å². The molecule has 106 valence electrons. The highest BCUT2D eigenvalue weighted by Crippen LogP contribution is 2.32. The normalized spacial score (nSPS) is 19.6. The van der Waals surface area contributed by atoms with E-state index < -0.39 is 12.6 Å². The quantitative estimate of drug-likeness (QED) is 0.749. The molecule has 0 aromatic rings. The molecule has 2 N–H and O–H groups in total. The zero-order valence-corrected chi connectivity index (χ0v) is 10.7. The van der Waals surface area contributed by atoms with Gasteiger partial charge in [0.15, 0.2) is 0 Å². The summed E-state index contributed by atoms with van der Waals surface area (Å²) in [6.45, 7) is 3.65. The van der Waals surface area contributed by atoms with Crippen molar-refractivity contribution >= 4 is 5.91 Å². The molecular weight excluding hydrogens is 245 g/mol. The summed E-state index contributed by atoms with van der Waals surface area (Å²) in [5.41, 5.74) is -0.385. The molecule has 0 aromatic heterocycles. The smallest absolute Gasteiger partial charge is 0.356 e. The average molecular weight is 266 g/mol. The molecule has 0 aromatic carbocycles. The molecule has 0 saturated carbocycles. The van der Waals surface area contributed by atoms with Gasteiger partial charge < -0.3 is 10.6 Å². The number of hydrogen-bond acceptors (Lipinski definition) is 2. The first-order chi connectivity index (χ1) is 8.40. The number of halogens is 3. The predicted molar refractivity (Wildman–Crippen MR) is 63.1 cm³/mol. The molecule has 3 nitrogen and oxygen atoms in total. The molecule has 1 rings (SSSR count). The maximum Gasteiger partial charge on any atom is 0.389 e. The summed E-state index contributed by atoms with van der Waals surface area (Å²) in [5.74, 6) is -0.0892. The molecule has 0 atom stereocenters. The highest BCUT2D eigenvalue weighted by atomic mass is 19.4. The van der Waals surface area contributed by atoms with Crippen molar-refractivity contribution in [3.8, 4) is 0 Å². The average Bonchev–Trinajstić information content (AvgIpc) is 2.34. The number of alkyl halides is 3. The van der Waals surface area contributed by atoms with Crippen molar-refractivity contribution in [1.82, 2.24) is 10.6 Å². The molecule has 0 unspecified atom stereocenters. The molecule has 1 amide bonds. The number of hydrogen-bond donors (Lipinski definition) is 2. The first kappa shape index (κ1) is 15.3. The van der Waals surface area contributed by atoms with Crippen LogP contribution < -0.4 is 10.6 Å². The number of carbonyl (C=O) groups excluding carboxylic acids is 1. The van der Waals surface area contributed by atoms with Gasteiger partial charge in [0.05, 0.1) is 5.41 Å². The molecule has 0 aliphatic carbocycles. The maximum atomic E-state index is 12.1. The second kappa shape index (κ2) is 6.41. The summed E-state index contributed by atoms with van der Waals surface area (Å²) < 4.78 is 35.9. The molecule has 0 bridgehead atoms. The van der Waals surface area contributed by atoms with Crippen molar-refractivity contribution in [1.29, 1.82) is 0 Å². The van der Waals surface area contributed by atoms with Gasteiger partial charge in [-0.15, -0.1) is 0 Å². The SMILES string of the molecule is CCC1(C(=O)NCCCC(F)(F)F)CCNCC1. The number of nitrogens with one attached hydrogen (secondary N) is 2. The minimum absolute atomic E-state index is 0.0483. The lowest BCUT2D eigenvalue weighted by Gasteiger charge is -2.35. The van der Waals surface area contributed by atoms with Crippen LogP contribution in [-0.4, -0.2) is 31.7 Å². The molecule has 1 saturated heterocycles. The Labute approximate surface area is 106 Å². The van der Waals surface area contributed by atoms with Crippen LogP contribution in [0.25, 0.3) is 0 Å². The largest absolute Gasteiger partial charge is 0.389 e. The predicted octanol–water partition coefficient (Wildman–Crippen LogP) is 2.22. The van der Waals surface area contributed by atoms with Gasteiger partial charge >= 0.3 is 6.18 Å². The topological polar surface area (TPSA) is 41.1 Å². The minimum Gasteiger partial charge on any atom is -0.356 e. The van der Waals surface area contributed by atoms with E-state index in [2.05, 4.69) is 10.6 Å². The lowest BCUT2D eigenvalue weighted by molar-refractivity contribution is -0.138.